The largest absolute Gasteiger partial charge is 0.455 e. The minimum absolute atomic E-state index is 0.0718. The lowest BCUT2D eigenvalue weighted by atomic mass is 10.1. The highest BCUT2D eigenvalue weighted by molar-refractivity contribution is 6.06. The van der Waals surface area contributed by atoms with Gasteiger partial charge in [-0.05, 0) is 29.5 Å². The number of amides is 2. The summed E-state index contributed by atoms with van der Waals surface area (Å²) in [6.45, 7) is 1.87. The van der Waals surface area contributed by atoms with Crippen LogP contribution >= 0.6 is 0 Å². The van der Waals surface area contributed by atoms with E-state index in [1.54, 1.807) is 4.90 Å². The van der Waals surface area contributed by atoms with Gasteiger partial charge in [0, 0.05) is 24.0 Å². The average Bonchev–Trinajstić information content (AvgIpc) is 3.19. The van der Waals surface area contributed by atoms with Gasteiger partial charge in [0.2, 0.25) is 5.91 Å². The number of fused-ring (bicyclic) bond motifs is 1. The first-order valence-electron chi connectivity index (χ1n) is 10.4. The van der Waals surface area contributed by atoms with Gasteiger partial charge in [-0.2, -0.15) is 0 Å². The van der Waals surface area contributed by atoms with Crippen LogP contribution in [0.3, 0.4) is 0 Å². The van der Waals surface area contributed by atoms with Crippen LogP contribution in [-0.2, 0) is 25.5 Å². The van der Waals surface area contributed by atoms with E-state index in [1.165, 1.54) is 0 Å². The van der Waals surface area contributed by atoms with Gasteiger partial charge >= 0.3 is 5.97 Å². The number of hydrogen-bond donors (Lipinski definition) is 1. The van der Waals surface area contributed by atoms with E-state index in [4.69, 9.17) is 4.74 Å². The first kappa shape index (κ1) is 20.6. The molecular weight excluding hydrogens is 392 g/mol. The van der Waals surface area contributed by atoms with Crippen LogP contribution in [0.15, 0.2) is 66.7 Å². The Labute approximate surface area is 180 Å². The molecule has 0 radical (unpaired) electrons. The molecule has 1 heterocycles. The van der Waals surface area contributed by atoms with Crippen LogP contribution in [0.2, 0.25) is 0 Å². The topological polar surface area (TPSA) is 75.7 Å². The van der Waals surface area contributed by atoms with E-state index in [1.807, 2.05) is 73.7 Å². The number of ether oxygens (including phenoxy) is 1. The van der Waals surface area contributed by atoms with E-state index in [0.29, 0.717) is 5.69 Å². The van der Waals surface area contributed by atoms with E-state index in [9.17, 15) is 14.4 Å². The van der Waals surface area contributed by atoms with Gasteiger partial charge in [0.05, 0.1) is 11.6 Å². The summed E-state index contributed by atoms with van der Waals surface area (Å²) in [6, 6.07) is 21.1. The molecule has 1 atom stereocenters. The van der Waals surface area contributed by atoms with E-state index >= 15 is 0 Å². The number of aryl methyl sites for hydroxylation is 1. The third-order valence-electron chi connectivity index (χ3n) is 5.53. The molecule has 1 saturated heterocycles. The van der Waals surface area contributed by atoms with Crippen molar-refractivity contribution >= 4 is 39.9 Å². The molecule has 158 valence electrons. The molecule has 4 rings (SSSR count). The van der Waals surface area contributed by atoms with Gasteiger partial charge in [-0.25, -0.2) is 0 Å². The normalized spacial score (nSPS) is 15.8. The highest BCUT2D eigenvalue weighted by atomic mass is 16.5. The Kier molecular flexibility index (Phi) is 5.98. The zero-order valence-electron chi connectivity index (χ0n) is 17.3. The lowest BCUT2D eigenvalue weighted by Crippen LogP contribution is -2.28. The van der Waals surface area contributed by atoms with E-state index in [-0.39, 0.29) is 25.5 Å². The summed E-state index contributed by atoms with van der Waals surface area (Å²) in [5.41, 5.74) is 2.51. The average molecular weight is 416 g/mol. The number of hydrogen-bond acceptors (Lipinski definition) is 4. The third-order valence-corrected chi connectivity index (χ3v) is 5.53. The second-order valence-electron chi connectivity index (χ2n) is 7.57. The number of nitrogens with one attached hydrogen (secondary N) is 1. The summed E-state index contributed by atoms with van der Waals surface area (Å²) in [5.74, 6) is -1.65. The fourth-order valence-electron chi connectivity index (χ4n) is 3.93. The van der Waals surface area contributed by atoms with Gasteiger partial charge in [0.15, 0.2) is 6.61 Å². The highest BCUT2D eigenvalue weighted by Gasteiger charge is 2.36. The van der Waals surface area contributed by atoms with Crippen molar-refractivity contribution in [1.29, 1.82) is 0 Å². The number of benzene rings is 3. The number of para-hydroxylation sites is 1. The van der Waals surface area contributed by atoms with Crippen LogP contribution < -0.4 is 10.2 Å². The molecule has 0 aliphatic carbocycles. The quantitative estimate of drug-likeness (QED) is 0.618. The van der Waals surface area contributed by atoms with Gasteiger partial charge in [-0.1, -0.05) is 61.5 Å². The van der Waals surface area contributed by atoms with Crippen LogP contribution in [0.4, 0.5) is 11.4 Å². The van der Waals surface area contributed by atoms with E-state index < -0.39 is 17.8 Å². The maximum Gasteiger partial charge on any atom is 0.311 e. The van der Waals surface area contributed by atoms with Crippen molar-refractivity contribution < 1.29 is 19.1 Å². The molecule has 3 aromatic rings. The number of anilines is 2. The number of rotatable bonds is 6. The molecule has 1 aliphatic rings. The third kappa shape index (κ3) is 4.43. The Morgan fingerprint density at radius 2 is 1.77 bits per heavy atom. The zero-order chi connectivity index (χ0) is 21.8. The van der Waals surface area contributed by atoms with Gasteiger partial charge < -0.3 is 15.0 Å². The minimum Gasteiger partial charge on any atom is -0.455 e. The second-order valence-corrected chi connectivity index (χ2v) is 7.57. The molecule has 0 aromatic heterocycles. The molecule has 6 heteroatoms. The number of carbonyl (C=O) groups is 3. The molecule has 31 heavy (non-hydrogen) atoms. The Bertz CT molecular complexity index is 1140. The van der Waals surface area contributed by atoms with E-state index in [2.05, 4.69) is 5.32 Å². The number of nitrogens with zero attached hydrogens (tertiary/aromatic N) is 1. The lowest BCUT2D eigenvalue weighted by Gasteiger charge is -2.19. The predicted octanol–water partition coefficient (Wildman–Crippen LogP) is 3.94. The van der Waals surface area contributed by atoms with Crippen molar-refractivity contribution in [1.82, 2.24) is 0 Å². The number of carbonyl (C=O) groups excluding carboxylic acids is 3. The Morgan fingerprint density at radius 3 is 2.61 bits per heavy atom. The van der Waals surface area contributed by atoms with Gasteiger partial charge in [0.1, 0.15) is 0 Å². The maximum atomic E-state index is 12.6. The van der Waals surface area contributed by atoms with Gasteiger partial charge in [-0.3, -0.25) is 14.4 Å². The van der Waals surface area contributed by atoms with Gasteiger partial charge in [0.25, 0.3) is 5.91 Å². The van der Waals surface area contributed by atoms with Crippen LogP contribution in [0, 0.1) is 5.92 Å². The molecule has 0 spiro atoms. The molecule has 1 aliphatic heterocycles. The summed E-state index contributed by atoms with van der Waals surface area (Å²) in [4.78, 5) is 39.0. The van der Waals surface area contributed by atoms with Crippen molar-refractivity contribution in [2.45, 2.75) is 19.8 Å². The molecule has 3 aromatic carbocycles. The molecule has 0 bridgehead atoms. The minimum atomic E-state index is -0.595. The van der Waals surface area contributed by atoms with Crippen LogP contribution in [0.5, 0.6) is 0 Å². The fraction of sp³-hybridized carbons (Fsp3) is 0.240. The molecule has 6 nitrogen and oxygen atoms in total. The summed E-state index contributed by atoms with van der Waals surface area (Å²) in [5, 5.41) is 4.77. The smallest absolute Gasteiger partial charge is 0.311 e. The van der Waals surface area contributed by atoms with Gasteiger partial charge in [-0.15, -0.1) is 0 Å². The maximum absolute atomic E-state index is 12.6. The lowest BCUT2D eigenvalue weighted by molar-refractivity contribution is -0.151. The van der Waals surface area contributed by atoms with Crippen molar-refractivity contribution in [3.05, 3.63) is 72.3 Å². The first-order chi connectivity index (χ1) is 15.1. The van der Waals surface area contributed by atoms with E-state index in [0.717, 1.165) is 28.4 Å². The highest BCUT2D eigenvalue weighted by Crippen LogP contribution is 2.32. The SMILES string of the molecule is CCc1ccccc1NC(=O)COC(=O)[C@H]1CC(=O)N(c2cccc3ccccc23)C1. The molecular formula is C25H24N2O4. The van der Waals surface area contributed by atoms with Crippen LogP contribution in [-0.4, -0.2) is 30.9 Å². The molecule has 1 fully saturated rings. The monoisotopic (exact) mass is 416 g/mol. The molecule has 0 saturated carbocycles. The Morgan fingerprint density at radius 1 is 1.03 bits per heavy atom. The standard InChI is InChI=1S/C25H24N2O4/c1-2-17-8-4-6-12-21(17)26-23(28)16-31-25(30)19-14-24(29)27(15-19)22-13-7-10-18-9-3-5-11-20(18)22/h3-13,19H,2,14-16H2,1H3,(H,26,28)/t19-/m0/s1. The second kappa shape index (κ2) is 9.00. The summed E-state index contributed by atoms with van der Waals surface area (Å²) < 4.78 is 5.22. The molecule has 1 N–H and O–H groups in total. The zero-order valence-corrected chi connectivity index (χ0v) is 17.3. The summed E-state index contributed by atoms with van der Waals surface area (Å²) in [6.07, 6.45) is 0.854. The van der Waals surface area contributed by atoms with Crippen molar-refractivity contribution in [3.63, 3.8) is 0 Å². The molecule has 2 amide bonds. The van der Waals surface area contributed by atoms with Crippen LogP contribution in [0.1, 0.15) is 18.9 Å². The van der Waals surface area contributed by atoms with Crippen molar-refractivity contribution in [3.8, 4) is 0 Å². The molecule has 0 unspecified atom stereocenters. The predicted molar refractivity (Wildman–Crippen MR) is 120 cm³/mol. The number of esters is 1. The first-order valence-corrected chi connectivity index (χ1v) is 10.4. The Hall–Kier alpha value is -3.67. The van der Waals surface area contributed by atoms with Crippen molar-refractivity contribution in [2.75, 3.05) is 23.4 Å². The van der Waals surface area contributed by atoms with Crippen LogP contribution in [0.25, 0.3) is 10.8 Å². The van der Waals surface area contributed by atoms with Crippen molar-refractivity contribution in [2.24, 2.45) is 5.92 Å². The summed E-state index contributed by atoms with van der Waals surface area (Å²) in [7, 11) is 0. The fourth-order valence-corrected chi connectivity index (χ4v) is 3.93. The Balaban J connectivity index is 1.38. The summed E-state index contributed by atoms with van der Waals surface area (Å²) >= 11 is 0.